The minimum Gasteiger partial charge on any atom is -0.461 e. The lowest BCUT2D eigenvalue weighted by Gasteiger charge is -2.42. The van der Waals surface area contributed by atoms with Crippen molar-refractivity contribution >= 4 is 17.8 Å². The Morgan fingerprint density at radius 2 is 1.89 bits per heavy atom. The molecule has 2 bridgehead atoms. The third-order valence-electron chi connectivity index (χ3n) is 8.34. The number of hydrogen-bond donors (Lipinski definition) is 1. The molecule has 3 unspecified atom stereocenters. The molecule has 0 saturated carbocycles. The van der Waals surface area contributed by atoms with Gasteiger partial charge in [-0.1, -0.05) is 38.5 Å². The highest BCUT2D eigenvalue weighted by Crippen LogP contribution is 2.65. The van der Waals surface area contributed by atoms with Gasteiger partial charge in [0.25, 0.3) is 0 Å². The van der Waals surface area contributed by atoms with E-state index in [-0.39, 0.29) is 30.9 Å². The number of hydrogen-bond acceptors (Lipinski definition) is 6. The molecule has 0 aliphatic carbocycles. The van der Waals surface area contributed by atoms with E-state index in [2.05, 4.69) is 13.2 Å². The number of unbranched alkanes of at least 4 members (excludes halogenated alkanes) is 3. The van der Waals surface area contributed by atoms with Gasteiger partial charge in [-0.05, 0) is 52.9 Å². The van der Waals surface area contributed by atoms with Crippen molar-refractivity contribution in [3.05, 3.63) is 25.3 Å². The Morgan fingerprint density at radius 3 is 2.47 bits per heavy atom. The third-order valence-corrected chi connectivity index (χ3v) is 8.34. The lowest BCUT2D eigenvalue weighted by molar-refractivity contribution is -0.162. The Kier molecular flexibility index (Phi) is 8.40. The van der Waals surface area contributed by atoms with Crippen LogP contribution in [-0.4, -0.2) is 81.8 Å². The standard InChI is InChI=1S/C28H44N2O6/c1-8-14-30(26(4,5)6)24(33)22-28-18-19(3)27(7,36-28)21(25(34)35-17-9-2)20(28)23(32)29(22)15-12-10-11-13-16-31/h8-9,19-22,31H,1-2,10-18H2,3-7H3/t19?,20-,21+,22?,27-,28?/m0/s1. The Bertz CT molecular complexity index is 882. The van der Waals surface area contributed by atoms with E-state index in [4.69, 9.17) is 14.6 Å². The van der Waals surface area contributed by atoms with Crippen molar-refractivity contribution in [2.45, 2.75) is 89.5 Å². The van der Waals surface area contributed by atoms with E-state index in [9.17, 15) is 14.4 Å². The molecular formula is C28H44N2O6. The number of fused-ring (bicyclic) bond motifs is 1. The van der Waals surface area contributed by atoms with Crippen molar-refractivity contribution in [1.82, 2.24) is 9.80 Å². The number of likely N-dealkylation sites (tertiary alicyclic amines) is 1. The van der Waals surface area contributed by atoms with Crippen molar-refractivity contribution in [2.75, 3.05) is 26.3 Å². The monoisotopic (exact) mass is 504 g/mol. The number of esters is 1. The van der Waals surface area contributed by atoms with E-state index < -0.39 is 40.6 Å². The molecule has 3 aliphatic heterocycles. The van der Waals surface area contributed by atoms with Crippen LogP contribution in [0.15, 0.2) is 25.3 Å². The van der Waals surface area contributed by atoms with E-state index in [0.29, 0.717) is 32.4 Å². The molecule has 6 atom stereocenters. The van der Waals surface area contributed by atoms with Crippen LogP contribution in [-0.2, 0) is 23.9 Å². The number of amides is 2. The first-order valence-electron chi connectivity index (χ1n) is 13.2. The molecule has 202 valence electrons. The molecule has 3 saturated heterocycles. The van der Waals surface area contributed by atoms with Crippen LogP contribution in [0, 0.1) is 17.8 Å². The van der Waals surface area contributed by atoms with Gasteiger partial charge in [0.05, 0.1) is 11.5 Å². The quantitative estimate of drug-likeness (QED) is 0.249. The summed E-state index contributed by atoms with van der Waals surface area (Å²) in [7, 11) is 0. The molecule has 2 amide bonds. The van der Waals surface area contributed by atoms with Crippen LogP contribution in [0.5, 0.6) is 0 Å². The highest BCUT2D eigenvalue weighted by atomic mass is 16.6. The summed E-state index contributed by atoms with van der Waals surface area (Å²) in [6.07, 6.45) is 6.81. The van der Waals surface area contributed by atoms with Crippen LogP contribution in [0.25, 0.3) is 0 Å². The van der Waals surface area contributed by atoms with Crippen molar-refractivity contribution in [1.29, 1.82) is 0 Å². The highest BCUT2D eigenvalue weighted by Gasteiger charge is 2.80. The zero-order valence-corrected chi connectivity index (χ0v) is 22.6. The maximum atomic E-state index is 14.3. The van der Waals surface area contributed by atoms with Gasteiger partial charge in [0.1, 0.15) is 24.2 Å². The summed E-state index contributed by atoms with van der Waals surface area (Å²) in [6, 6.07) is -0.825. The number of aliphatic hydroxyl groups is 1. The fraction of sp³-hybridized carbons (Fsp3) is 0.750. The molecule has 1 spiro atoms. The van der Waals surface area contributed by atoms with Crippen LogP contribution >= 0.6 is 0 Å². The summed E-state index contributed by atoms with van der Waals surface area (Å²) in [5.74, 6) is -2.45. The molecule has 0 aromatic heterocycles. The molecule has 36 heavy (non-hydrogen) atoms. The Balaban J connectivity index is 2.05. The normalized spacial score (nSPS) is 32.9. The van der Waals surface area contributed by atoms with Crippen LogP contribution in [0.4, 0.5) is 0 Å². The largest absolute Gasteiger partial charge is 0.461 e. The van der Waals surface area contributed by atoms with Crippen molar-refractivity contribution in [3.8, 4) is 0 Å². The van der Waals surface area contributed by atoms with Crippen molar-refractivity contribution in [2.24, 2.45) is 17.8 Å². The van der Waals surface area contributed by atoms with Crippen molar-refractivity contribution in [3.63, 3.8) is 0 Å². The topological polar surface area (TPSA) is 96.4 Å². The smallest absolute Gasteiger partial charge is 0.313 e. The summed E-state index contributed by atoms with van der Waals surface area (Å²) in [5.41, 5.74) is -2.48. The van der Waals surface area contributed by atoms with Gasteiger partial charge in [0, 0.05) is 25.2 Å². The van der Waals surface area contributed by atoms with Crippen LogP contribution in [0.3, 0.4) is 0 Å². The molecule has 3 rings (SSSR count). The lowest BCUT2D eigenvalue weighted by Crippen LogP contribution is -2.60. The second kappa shape index (κ2) is 10.7. The molecular weight excluding hydrogens is 460 g/mol. The van der Waals surface area contributed by atoms with E-state index in [0.717, 1.165) is 12.8 Å². The maximum Gasteiger partial charge on any atom is 0.313 e. The van der Waals surface area contributed by atoms with Gasteiger partial charge in [-0.15, -0.1) is 6.58 Å². The number of rotatable bonds is 12. The van der Waals surface area contributed by atoms with Gasteiger partial charge in [-0.25, -0.2) is 0 Å². The molecule has 0 aromatic carbocycles. The molecule has 3 heterocycles. The van der Waals surface area contributed by atoms with Gasteiger partial charge < -0.3 is 24.4 Å². The first-order valence-corrected chi connectivity index (χ1v) is 13.2. The summed E-state index contributed by atoms with van der Waals surface area (Å²) in [5, 5.41) is 9.10. The minimum atomic E-state index is -1.09. The lowest BCUT2D eigenvalue weighted by atomic mass is 9.62. The SMILES string of the molecule is C=CCOC(=O)[C@H]1[C@H]2C(=O)N(CCCCCCO)C(C(=O)N(CC=C)C(C)(C)C)C23CC(C)[C@]1(C)O3. The molecule has 1 N–H and O–H groups in total. The van der Waals surface area contributed by atoms with Crippen LogP contribution in [0.1, 0.15) is 66.7 Å². The van der Waals surface area contributed by atoms with Crippen molar-refractivity contribution < 1.29 is 29.0 Å². The Hall–Kier alpha value is -2.19. The van der Waals surface area contributed by atoms with Gasteiger partial charge in [0.2, 0.25) is 11.8 Å². The molecule has 3 fully saturated rings. The van der Waals surface area contributed by atoms with E-state index >= 15 is 0 Å². The number of carbonyl (C=O) groups excluding carboxylic acids is 3. The number of nitrogens with zero attached hydrogens (tertiary/aromatic N) is 2. The average molecular weight is 505 g/mol. The minimum absolute atomic E-state index is 0.0369. The summed E-state index contributed by atoms with van der Waals surface area (Å²) < 4.78 is 12.2. The van der Waals surface area contributed by atoms with Crippen LogP contribution < -0.4 is 0 Å². The number of ether oxygens (including phenoxy) is 2. The highest BCUT2D eigenvalue weighted by molar-refractivity contribution is 5.98. The van der Waals surface area contributed by atoms with E-state index in [1.54, 1.807) is 15.9 Å². The summed E-state index contributed by atoms with van der Waals surface area (Å²) in [4.78, 5) is 45.1. The number of aliphatic hydroxyl groups excluding tert-OH is 1. The first-order chi connectivity index (χ1) is 16.9. The average Bonchev–Trinajstić information content (AvgIpc) is 3.31. The summed E-state index contributed by atoms with van der Waals surface area (Å²) in [6.45, 7) is 18.2. The van der Waals surface area contributed by atoms with E-state index in [1.165, 1.54) is 6.08 Å². The van der Waals surface area contributed by atoms with Crippen LogP contribution in [0.2, 0.25) is 0 Å². The molecule has 0 aromatic rings. The fourth-order valence-electron chi connectivity index (χ4n) is 6.57. The predicted molar refractivity (Wildman–Crippen MR) is 137 cm³/mol. The molecule has 8 nitrogen and oxygen atoms in total. The predicted octanol–water partition coefficient (Wildman–Crippen LogP) is 3.09. The number of carbonyl (C=O) groups is 3. The Labute approximate surface area is 215 Å². The van der Waals surface area contributed by atoms with Gasteiger partial charge >= 0.3 is 5.97 Å². The van der Waals surface area contributed by atoms with E-state index in [1.807, 2.05) is 34.6 Å². The summed E-state index contributed by atoms with van der Waals surface area (Å²) >= 11 is 0. The molecule has 8 heteroatoms. The van der Waals surface area contributed by atoms with Gasteiger partial charge in [-0.2, -0.15) is 0 Å². The zero-order valence-electron chi connectivity index (χ0n) is 22.6. The maximum absolute atomic E-state index is 14.3. The Morgan fingerprint density at radius 1 is 1.22 bits per heavy atom. The fourth-order valence-corrected chi connectivity index (χ4v) is 6.57. The third kappa shape index (κ3) is 4.62. The van der Waals surface area contributed by atoms with Gasteiger partial charge in [-0.3, -0.25) is 14.4 Å². The molecule has 0 radical (unpaired) electrons. The first kappa shape index (κ1) is 28.4. The second-order valence-corrected chi connectivity index (χ2v) is 11.7. The zero-order chi connectivity index (χ0) is 26.9. The molecule has 3 aliphatic rings. The second-order valence-electron chi connectivity index (χ2n) is 11.7. The van der Waals surface area contributed by atoms with Gasteiger partial charge in [0.15, 0.2) is 0 Å².